The zero-order valence-corrected chi connectivity index (χ0v) is 20.4. The molecule has 5 nitrogen and oxygen atoms in total. The Morgan fingerprint density at radius 3 is 2.10 bits per heavy atom. The molecule has 0 spiro atoms. The van der Waals surface area contributed by atoms with Crippen LogP contribution in [0.3, 0.4) is 0 Å². The molecule has 3 fully saturated rings. The zero-order valence-electron chi connectivity index (χ0n) is 19.6. The van der Waals surface area contributed by atoms with Crippen LogP contribution in [0.15, 0.2) is 0 Å². The first-order valence-corrected chi connectivity index (χ1v) is 13.2. The van der Waals surface area contributed by atoms with E-state index < -0.39 is 12.1 Å². The Balaban J connectivity index is 1.66. The predicted molar refractivity (Wildman–Crippen MR) is 130 cm³/mol. The molecule has 2 amide bonds. The Bertz CT molecular complexity index is 626. The molecule has 0 aromatic rings. The van der Waals surface area contributed by atoms with E-state index in [1.54, 1.807) is 4.90 Å². The van der Waals surface area contributed by atoms with E-state index in [4.69, 9.17) is 18.0 Å². The maximum Gasteiger partial charge on any atom is 0.243 e. The van der Waals surface area contributed by atoms with E-state index >= 15 is 0 Å². The first kappa shape index (κ1) is 24.6. The van der Waals surface area contributed by atoms with Gasteiger partial charge in [0.1, 0.15) is 6.04 Å². The molecule has 1 heterocycles. The van der Waals surface area contributed by atoms with Gasteiger partial charge in [-0.1, -0.05) is 64.6 Å². The Morgan fingerprint density at radius 2 is 1.52 bits per heavy atom. The van der Waals surface area contributed by atoms with E-state index in [1.807, 2.05) is 0 Å². The molecule has 0 aromatic carbocycles. The van der Waals surface area contributed by atoms with Crippen molar-refractivity contribution in [3.05, 3.63) is 0 Å². The van der Waals surface area contributed by atoms with Crippen molar-refractivity contribution in [3.63, 3.8) is 0 Å². The largest absolute Gasteiger partial charge is 0.347 e. The van der Waals surface area contributed by atoms with Crippen LogP contribution in [0, 0.1) is 17.8 Å². The lowest BCUT2D eigenvalue weighted by atomic mass is 9.81. The van der Waals surface area contributed by atoms with Crippen molar-refractivity contribution in [1.82, 2.24) is 10.2 Å². The van der Waals surface area contributed by atoms with Crippen molar-refractivity contribution >= 4 is 28.9 Å². The summed E-state index contributed by atoms with van der Waals surface area (Å²) in [7, 11) is 0. The van der Waals surface area contributed by atoms with Crippen LogP contribution in [-0.4, -0.2) is 46.2 Å². The molecule has 2 saturated carbocycles. The number of hydrogen-bond acceptors (Lipinski definition) is 4. The molecule has 3 rings (SSSR count). The molecule has 176 valence electrons. The molecule has 3 atom stereocenters. The van der Waals surface area contributed by atoms with Crippen LogP contribution in [0.5, 0.6) is 0 Å². The summed E-state index contributed by atoms with van der Waals surface area (Å²) in [5.74, 6) is 1.12. The highest BCUT2D eigenvalue weighted by Crippen LogP contribution is 2.30. The van der Waals surface area contributed by atoms with Crippen LogP contribution < -0.4 is 11.1 Å². The van der Waals surface area contributed by atoms with Gasteiger partial charge in [-0.2, -0.15) is 0 Å². The SMILES string of the molecule is CC(C)CC(=S)[C@@H](NC(=O)C1CCCN1C(=O)[C@@H](N)C1CCCCC1)C1CCCCC1. The molecular weight excluding hydrogens is 406 g/mol. The Morgan fingerprint density at radius 1 is 0.935 bits per heavy atom. The van der Waals surface area contributed by atoms with Crippen LogP contribution in [-0.2, 0) is 9.59 Å². The fourth-order valence-corrected chi connectivity index (χ4v) is 6.48. The van der Waals surface area contributed by atoms with Crippen LogP contribution in [0.2, 0.25) is 0 Å². The summed E-state index contributed by atoms with van der Waals surface area (Å²) < 4.78 is 0. The van der Waals surface area contributed by atoms with Gasteiger partial charge in [0.25, 0.3) is 0 Å². The molecule has 3 aliphatic rings. The second-order valence-electron chi connectivity index (χ2n) is 10.6. The number of likely N-dealkylation sites (tertiary alicyclic amines) is 1. The minimum Gasteiger partial charge on any atom is -0.347 e. The molecule has 0 aromatic heterocycles. The monoisotopic (exact) mass is 449 g/mol. The smallest absolute Gasteiger partial charge is 0.243 e. The van der Waals surface area contributed by atoms with Gasteiger partial charge in [-0.05, 0) is 62.7 Å². The molecule has 2 aliphatic carbocycles. The maximum atomic E-state index is 13.4. The van der Waals surface area contributed by atoms with Gasteiger partial charge >= 0.3 is 0 Å². The second kappa shape index (κ2) is 11.7. The lowest BCUT2D eigenvalue weighted by Gasteiger charge is -2.35. The fraction of sp³-hybridized carbons (Fsp3) is 0.880. The van der Waals surface area contributed by atoms with Crippen LogP contribution >= 0.6 is 12.2 Å². The molecule has 3 N–H and O–H groups in total. The summed E-state index contributed by atoms with van der Waals surface area (Å²) >= 11 is 5.82. The number of thiocarbonyl (C=S) groups is 1. The summed E-state index contributed by atoms with van der Waals surface area (Å²) in [5, 5.41) is 3.32. The zero-order chi connectivity index (χ0) is 22.4. The van der Waals surface area contributed by atoms with E-state index in [0.717, 1.165) is 62.7 Å². The number of nitrogens with zero attached hydrogens (tertiary/aromatic N) is 1. The van der Waals surface area contributed by atoms with Gasteiger partial charge in [0.2, 0.25) is 11.8 Å². The van der Waals surface area contributed by atoms with E-state index in [9.17, 15) is 9.59 Å². The Kier molecular flexibility index (Phi) is 9.32. The van der Waals surface area contributed by atoms with Crippen LogP contribution in [0.1, 0.15) is 97.3 Å². The van der Waals surface area contributed by atoms with Crippen LogP contribution in [0.25, 0.3) is 0 Å². The summed E-state index contributed by atoms with van der Waals surface area (Å²) in [6.45, 7) is 4.99. The van der Waals surface area contributed by atoms with Gasteiger partial charge in [-0.3, -0.25) is 9.59 Å². The molecular formula is C25H43N3O2S. The van der Waals surface area contributed by atoms with Gasteiger partial charge in [0.05, 0.1) is 12.1 Å². The van der Waals surface area contributed by atoms with Crippen molar-refractivity contribution in [3.8, 4) is 0 Å². The van der Waals surface area contributed by atoms with E-state index in [0.29, 0.717) is 18.4 Å². The summed E-state index contributed by atoms with van der Waals surface area (Å²) in [6, 6.07) is -0.908. The molecule has 1 aliphatic heterocycles. The maximum absolute atomic E-state index is 13.4. The first-order chi connectivity index (χ1) is 14.9. The fourth-order valence-electron chi connectivity index (χ4n) is 5.90. The third kappa shape index (κ3) is 6.50. The van der Waals surface area contributed by atoms with E-state index in [-0.39, 0.29) is 23.8 Å². The molecule has 0 bridgehead atoms. The minimum absolute atomic E-state index is 0.0245. The molecule has 31 heavy (non-hydrogen) atoms. The van der Waals surface area contributed by atoms with Gasteiger partial charge in [-0.25, -0.2) is 0 Å². The molecule has 1 unspecified atom stereocenters. The molecule has 1 saturated heterocycles. The number of nitrogens with one attached hydrogen (secondary N) is 1. The van der Waals surface area contributed by atoms with Crippen molar-refractivity contribution in [2.24, 2.45) is 23.5 Å². The topological polar surface area (TPSA) is 75.4 Å². The molecule has 6 heteroatoms. The Hall–Kier alpha value is -1.01. The normalized spacial score (nSPS) is 25.4. The molecule has 0 radical (unpaired) electrons. The average molecular weight is 450 g/mol. The number of carbonyl (C=O) groups is 2. The number of nitrogens with two attached hydrogens (primary N) is 1. The van der Waals surface area contributed by atoms with Gasteiger partial charge < -0.3 is 16.0 Å². The van der Waals surface area contributed by atoms with E-state index in [1.165, 1.54) is 25.7 Å². The van der Waals surface area contributed by atoms with Gasteiger partial charge in [-0.15, -0.1) is 0 Å². The lowest BCUT2D eigenvalue weighted by Crippen LogP contribution is -2.56. The van der Waals surface area contributed by atoms with Gasteiger partial charge in [0, 0.05) is 11.4 Å². The van der Waals surface area contributed by atoms with Crippen LogP contribution in [0.4, 0.5) is 0 Å². The predicted octanol–water partition coefficient (Wildman–Crippen LogP) is 4.37. The van der Waals surface area contributed by atoms with Gasteiger partial charge in [0.15, 0.2) is 0 Å². The first-order valence-electron chi connectivity index (χ1n) is 12.8. The highest BCUT2D eigenvalue weighted by atomic mass is 32.1. The number of amides is 2. The number of rotatable bonds is 8. The lowest BCUT2D eigenvalue weighted by molar-refractivity contribution is -0.140. The third-order valence-electron chi connectivity index (χ3n) is 7.66. The third-order valence-corrected chi connectivity index (χ3v) is 8.08. The summed E-state index contributed by atoms with van der Waals surface area (Å²) in [5.41, 5.74) is 6.41. The van der Waals surface area contributed by atoms with Crippen molar-refractivity contribution in [1.29, 1.82) is 0 Å². The van der Waals surface area contributed by atoms with Crippen molar-refractivity contribution < 1.29 is 9.59 Å². The summed E-state index contributed by atoms with van der Waals surface area (Å²) in [4.78, 5) is 29.4. The average Bonchev–Trinajstić information content (AvgIpc) is 3.27. The van der Waals surface area contributed by atoms with Crippen molar-refractivity contribution in [2.45, 2.75) is 115 Å². The second-order valence-corrected chi connectivity index (χ2v) is 11.1. The number of carbonyl (C=O) groups excluding carboxylic acids is 2. The van der Waals surface area contributed by atoms with Crippen molar-refractivity contribution in [2.75, 3.05) is 6.54 Å². The highest BCUT2D eigenvalue weighted by molar-refractivity contribution is 7.80. The van der Waals surface area contributed by atoms with E-state index in [2.05, 4.69) is 19.2 Å². The summed E-state index contributed by atoms with van der Waals surface area (Å²) in [6.07, 6.45) is 14.0. The number of hydrogen-bond donors (Lipinski definition) is 2. The Labute approximate surface area is 194 Å². The standard InChI is InChI=1S/C25H43N3O2S/c1-17(2)16-21(31)23(19-12-7-4-8-13-19)27-24(29)20-14-9-15-28(20)25(30)22(26)18-10-5-3-6-11-18/h17-20,22-23H,3-16,26H2,1-2H3,(H,27,29)/t20?,22-,23-/m0/s1. The quantitative estimate of drug-likeness (QED) is 0.540. The minimum atomic E-state index is -0.468. The highest BCUT2D eigenvalue weighted by Gasteiger charge is 2.40.